The van der Waals surface area contributed by atoms with Gasteiger partial charge >= 0.3 is 0 Å². The molecule has 1 aromatic carbocycles. The van der Waals surface area contributed by atoms with Crippen molar-refractivity contribution in [1.82, 2.24) is 0 Å². The second-order valence-corrected chi connectivity index (χ2v) is 6.58. The fraction of sp³-hybridized carbons (Fsp3) is 0.263. The molecule has 130 valence electrons. The highest BCUT2D eigenvalue weighted by atomic mass is 32.1. The molecule has 1 aromatic heterocycles. The van der Waals surface area contributed by atoms with Gasteiger partial charge in [0.25, 0.3) is 5.91 Å². The first-order valence-corrected chi connectivity index (χ1v) is 9.05. The first kappa shape index (κ1) is 17.4. The normalized spacial score (nSPS) is 13.7. The topological polar surface area (TPSA) is 58.6 Å². The Kier molecular flexibility index (Phi) is 5.63. The highest BCUT2D eigenvalue weighted by Gasteiger charge is 2.22. The maximum Gasteiger partial charge on any atom is 0.252 e. The molecule has 0 saturated heterocycles. The van der Waals surface area contributed by atoms with E-state index in [0.29, 0.717) is 12.2 Å². The number of methoxy groups -OCH3 is 1. The Hall–Kier alpha value is -2.44. The Morgan fingerprint density at radius 1 is 1.36 bits per heavy atom. The number of ether oxygens (including phenoxy) is 1. The number of rotatable bonds is 5. The van der Waals surface area contributed by atoms with E-state index >= 15 is 0 Å². The lowest BCUT2D eigenvalue weighted by molar-refractivity contribution is -0.122. The van der Waals surface area contributed by atoms with Crippen molar-refractivity contribution >= 4 is 40.6 Å². The molecule has 5 nitrogen and oxygen atoms in total. The molecule has 0 saturated carbocycles. The van der Waals surface area contributed by atoms with Crippen LogP contribution in [0.2, 0.25) is 0 Å². The quantitative estimate of drug-likeness (QED) is 0.836. The van der Waals surface area contributed by atoms with E-state index in [1.807, 2.05) is 35.0 Å². The van der Waals surface area contributed by atoms with Gasteiger partial charge in [-0.1, -0.05) is 6.07 Å². The lowest BCUT2D eigenvalue weighted by Gasteiger charge is -2.29. The third kappa shape index (κ3) is 4.35. The number of carbonyl (C=O) groups excluding carboxylic acids is 2. The lowest BCUT2D eigenvalue weighted by atomic mass is 10.0. The number of hydrogen-bond donors (Lipinski definition) is 1. The molecule has 1 aliphatic rings. The summed E-state index contributed by atoms with van der Waals surface area (Å²) in [5.41, 5.74) is 3.65. The number of benzene rings is 1. The zero-order chi connectivity index (χ0) is 17.6. The summed E-state index contributed by atoms with van der Waals surface area (Å²) in [6.07, 6.45) is 5.14. The predicted octanol–water partition coefficient (Wildman–Crippen LogP) is 3.33. The van der Waals surface area contributed by atoms with Crippen LogP contribution in [0, 0.1) is 0 Å². The second-order valence-electron chi connectivity index (χ2n) is 5.80. The first-order valence-electron chi connectivity index (χ1n) is 8.11. The van der Waals surface area contributed by atoms with Gasteiger partial charge in [0.1, 0.15) is 6.61 Å². The zero-order valence-corrected chi connectivity index (χ0v) is 14.8. The Bertz CT molecular complexity index is 784. The van der Waals surface area contributed by atoms with Crippen LogP contribution in [0.5, 0.6) is 0 Å². The average Bonchev–Trinajstić information content (AvgIpc) is 3.13. The summed E-state index contributed by atoms with van der Waals surface area (Å²) in [6.45, 7) is 0.726. The van der Waals surface area contributed by atoms with Gasteiger partial charge in [-0.25, -0.2) is 0 Å². The Morgan fingerprint density at radius 2 is 2.24 bits per heavy atom. The maximum absolute atomic E-state index is 12.2. The van der Waals surface area contributed by atoms with E-state index in [-0.39, 0.29) is 18.4 Å². The summed E-state index contributed by atoms with van der Waals surface area (Å²) in [4.78, 5) is 26.1. The molecule has 1 aliphatic heterocycles. The molecule has 0 atom stereocenters. The maximum atomic E-state index is 12.2. The van der Waals surface area contributed by atoms with Crippen LogP contribution in [0.3, 0.4) is 0 Å². The van der Waals surface area contributed by atoms with Crippen molar-refractivity contribution in [2.24, 2.45) is 0 Å². The predicted molar refractivity (Wildman–Crippen MR) is 101 cm³/mol. The summed E-state index contributed by atoms with van der Waals surface area (Å²) < 4.78 is 4.96. The van der Waals surface area contributed by atoms with Gasteiger partial charge < -0.3 is 15.0 Å². The van der Waals surface area contributed by atoms with Gasteiger partial charge in [0.2, 0.25) is 5.91 Å². The van der Waals surface area contributed by atoms with Crippen molar-refractivity contribution in [3.63, 3.8) is 0 Å². The number of thiophene rings is 1. The first-order chi connectivity index (χ1) is 12.2. The average molecular weight is 356 g/mol. The summed E-state index contributed by atoms with van der Waals surface area (Å²) >= 11 is 1.59. The van der Waals surface area contributed by atoms with E-state index < -0.39 is 0 Å². The molecule has 0 radical (unpaired) electrons. The fourth-order valence-electron chi connectivity index (χ4n) is 2.84. The number of hydrogen-bond acceptors (Lipinski definition) is 4. The molecule has 6 heteroatoms. The monoisotopic (exact) mass is 356 g/mol. The van der Waals surface area contributed by atoms with Crippen molar-refractivity contribution in [2.45, 2.75) is 12.8 Å². The molecule has 2 heterocycles. The van der Waals surface area contributed by atoms with Crippen LogP contribution in [0.4, 0.5) is 11.4 Å². The fourth-order valence-corrected chi connectivity index (χ4v) is 3.47. The molecular formula is C19H20N2O3S. The molecule has 2 amide bonds. The summed E-state index contributed by atoms with van der Waals surface area (Å²) in [5, 5.41) is 6.79. The van der Waals surface area contributed by atoms with Crippen LogP contribution in [0.25, 0.3) is 6.08 Å². The van der Waals surface area contributed by atoms with Crippen LogP contribution >= 0.6 is 11.3 Å². The van der Waals surface area contributed by atoms with E-state index in [2.05, 4.69) is 5.32 Å². The minimum Gasteiger partial charge on any atom is -0.375 e. The summed E-state index contributed by atoms with van der Waals surface area (Å²) in [6, 6.07) is 7.66. The van der Waals surface area contributed by atoms with Gasteiger partial charge in [-0.2, -0.15) is 11.3 Å². The summed E-state index contributed by atoms with van der Waals surface area (Å²) in [7, 11) is 1.51. The molecule has 0 bridgehead atoms. The highest BCUT2D eigenvalue weighted by Crippen LogP contribution is 2.30. The Labute approximate surface area is 150 Å². The lowest BCUT2D eigenvalue weighted by Crippen LogP contribution is -2.37. The van der Waals surface area contributed by atoms with Crippen LogP contribution in [-0.2, 0) is 20.7 Å². The Balaban J connectivity index is 1.74. The molecule has 1 N–H and O–H groups in total. The standard InChI is InChI=1S/C19H20N2O3S/c1-24-12-19(23)21-9-2-3-15-5-6-16(11-17(15)21)20-18(22)7-4-14-8-10-25-13-14/h4-8,10-11,13H,2-3,9,12H2,1H3,(H,20,22)/b7-4+. The number of aryl methyl sites for hydroxylation is 1. The van der Waals surface area contributed by atoms with Crippen molar-refractivity contribution < 1.29 is 14.3 Å². The van der Waals surface area contributed by atoms with E-state index in [0.717, 1.165) is 29.7 Å². The molecule has 0 unspecified atom stereocenters. The van der Waals surface area contributed by atoms with Gasteiger partial charge in [0.05, 0.1) is 0 Å². The molecule has 0 aliphatic carbocycles. The van der Waals surface area contributed by atoms with E-state index in [1.54, 1.807) is 22.3 Å². The highest BCUT2D eigenvalue weighted by molar-refractivity contribution is 7.08. The van der Waals surface area contributed by atoms with Crippen LogP contribution in [0.15, 0.2) is 41.1 Å². The number of anilines is 2. The molecule has 0 spiro atoms. The molecular weight excluding hydrogens is 336 g/mol. The van der Waals surface area contributed by atoms with Crippen molar-refractivity contribution in [3.8, 4) is 0 Å². The number of amides is 2. The SMILES string of the molecule is COCC(=O)N1CCCc2ccc(NC(=O)/C=C/c3ccsc3)cc21. The molecule has 25 heavy (non-hydrogen) atoms. The smallest absolute Gasteiger partial charge is 0.252 e. The third-order valence-corrected chi connectivity index (χ3v) is 4.71. The summed E-state index contributed by atoms with van der Waals surface area (Å²) in [5.74, 6) is -0.263. The van der Waals surface area contributed by atoms with E-state index in [4.69, 9.17) is 4.74 Å². The minimum absolute atomic E-state index is 0.0550. The van der Waals surface area contributed by atoms with Gasteiger partial charge in [0, 0.05) is 31.1 Å². The van der Waals surface area contributed by atoms with Gasteiger partial charge in [-0.3, -0.25) is 9.59 Å². The van der Waals surface area contributed by atoms with Gasteiger partial charge in [0.15, 0.2) is 0 Å². The van der Waals surface area contributed by atoms with Crippen molar-refractivity contribution in [3.05, 3.63) is 52.2 Å². The van der Waals surface area contributed by atoms with Crippen molar-refractivity contribution in [2.75, 3.05) is 30.5 Å². The van der Waals surface area contributed by atoms with Gasteiger partial charge in [-0.15, -0.1) is 0 Å². The number of nitrogens with one attached hydrogen (secondary N) is 1. The zero-order valence-electron chi connectivity index (χ0n) is 14.0. The van der Waals surface area contributed by atoms with E-state index in [1.165, 1.54) is 13.2 Å². The van der Waals surface area contributed by atoms with E-state index in [9.17, 15) is 9.59 Å². The number of fused-ring (bicyclic) bond motifs is 1. The molecule has 2 aromatic rings. The third-order valence-electron chi connectivity index (χ3n) is 4.01. The number of carbonyl (C=O) groups is 2. The molecule has 0 fully saturated rings. The van der Waals surface area contributed by atoms with Crippen LogP contribution in [0.1, 0.15) is 17.5 Å². The largest absolute Gasteiger partial charge is 0.375 e. The van der Waals surface area contributed by atoms with Crippen LogP contribution in [-0.4, -0.2) is 32.1 Å². The number of nitrogens with zero attached hydrogens (tertiary/aromatic N) is 1. The second kappa shape index (κ2) is 8.09. The molecule has 3 rings (SSSR count). The van der Waals surface area contributed by atoms with Crippen molar-refractivity contribution in [1.29, 1.82) is 0 Å². The van der Waals surface area contributed by atoms with Crippen LogP contribution < -0.4 is 10.2 Å². The van der Waals surface area contributed by atoms with Gasteiger partial charge in [-0.05, 0) is 59.0 Å². The minimum atomic E-state index is -0.197. The Morgan fingerprint density at radius 3 is 3.00 bits per heavy atom.